The quantitative estimate of drug-likeness (QED) is 0.284. The maximum absolute atomic E-state index is 12.5. The average Bonchev–Trinajstić information content (AvgIpc) is 2.90. The van der Waals surface area contributed by atoms with Crippen molar-refractivity contribution in [2.45, 2.75) is 36.6 Å². The van der Waals surface area contributed by atoms with Gasteiger partial charge in [0, 0.05) is 35.3 Å². The van der Waals surface area contributed by atoms with Crippen LogP contribution < -0.4 is 9.47 Å². The van der Waals surface area contributed by atoms with Crippen LogP contribution in [0, 0.1) is 11.8 Å². The number of nitrogens with zero attached hydrogens (tertiary/aromatic N) is 2. The molecule has 0 spiro atoms. The van der Waals surface area contributed by atoms with Gasteiger partial charge in [0.05, 0.1) is 24.6 Å². The number of fused-ring (bicyclic) bond motifs is 1. The summed E-state index contributed by atoms with van der Waals surface area (Å²) in [7, 11) is 1.58. The van der Waals surface area contributed by atoms with Gasteiger partial charge in [-0.3, -0.25) is 9.78 Å². The minimum absolute atomic E-state index is 0.0695. The highest BCUT2D eigenvalue weighted by atomic mass is 32.2. The second-order valence-corrected chi connectivity index (χ2v) is 10.7. The summed E-state index contributed by atoms with van der Waals surface area (Å²) in [5.41, 5.74) is 1.49. The highest BCUT2D eigenvalue weighted by Crippen LogP contribution is 2.34. The van der Waals surface area contributed by atoms with Crippen molar-refractivity contribution in [3.8, 4) is 11.5 Å². The second kappa shape index (κ2) is 12.9. The van der Waals surface area contributed by atoms with E-state index in [0.717, 1.165) is 23.0 Å². The van der Waals surface area contributed by atoms with E-state index in [-0.39, 0.29) is 11.7 Å². The van der Waals surface area contributed by atoms with Crippen LogP contribution in [0.15, 0.2) is 59.6 Å². The number of pyridine rings is 1. The van der Waals surface area contributed by atoms with Crippen molar-refractivity contribution in [2.24, 2.45) is 11.8 Å². The molecule has 11 heteroatoms. The third-order valence-corrected chi connectivity index (χ3v) is 8.00. The molecule has 7 nitrogen and oxygen atoms in total. The second-order valence-electron chi connectivity index (χ2n) is 9.54. The average molecular weight is 565 g/mol. The number of benzene rings is 2. The standard InChI is InChI=1S/C28H31F3N2O5S/c1-37-19-6-7-25-23(16-19)22(9-11-32-25)26(34)8-5-18-10-12-33(17-24(18)27(35)36)13-14-39-21-4-2-3-20(15-21)38-28(29,30)31/h2-4,6-7,9,11,15-16,18,24,26,34H,5,8,10,12-14,17H2,1H3,(H,35,36)/t18-,24+,26+/m1/s1. The molecule has 0 bridgehead atoms. The molecular weight excluding hydrogens is 533 g/mol. The van der Waals surface area contributed by atoms with Gasteiger partial charge in [0.1, 0.15) is 11.5 Å². The van der Waals surface area contributed by atoms with Gasteiger partial charge >= 0.3 is 12.3 Å². The Morgan fingerprint density at radius 3 is 2.77 bits per heavy atom. The van der Waals surface area contributed by atoms with Crippen molar-refractivity contribution in [2.75, 3.05) is 32.5 Å². The summed E-state index contributed by atoms with van der Waals surface area (Å²) in [6, 6.07) is 13.1. The first kappa shape index (κ1) is 29.0. The van der Waals surface area contributed by atoms with Gasteiger partial charge < -0.3 is 24.6 Å². The number of thioether (sulfide) groups is 1. The molecule has 3 atom stereocenters. The van der Waals surface area contributed by atoms with Gasteiger partial charge in [0.25, 0.3) is 0 Å². The number of rotatable bonds is 11. The summed E-state index contributed by atoms with van der Waals surface area (Å²) in [6.07, 6.45) is -2.16. The van der Waals surface area contributed by atoms with Crippen molar-refractivity contribution in [1.29, 1.82) is 0 Å². The Balaban J connectivity index is 1.30. The first-order valence-corrected chi connectivity index (χ1v) is 13.7. The number of ether oxygens (including phenoxy) is 2. The molecule has 1 aliphatic rings. The van der Waals surface area contributed by atoms with Crippen LogP contribution in [0.4, 0.5) is 13.2 Å². The van der Waals surface area contributed by atoms with Gasteiger partial charge in [-0.15, -0.1) is 24.9 Å². The van der Waals surface area contributed by atoms with Crippen LogP contribution in [0.2, 0.25) is 0 Å². The van der Waals surface area contributed by atoms with Crippen LogP contribution in [0.1, 0.15) is 30.9 Å². The molecule has 2 heterocycles. The predicted octanol–water partition coefficient (Wildman–Crippen LogP) is 5.77. The normalized spacial score (nSPS) is 19.1. The lowest BCUT2D eigenvalue weighted by atomic mass is 9.81. The zero-order chi connectivity index (χ0) is 28.0. The lowest BCUT2D eigenvalue weighted by molar-refractivity contribution is -0.274. The number of carboxylic acids is 1. The lowest BCUT2D eigenvalue weighted by Crippen LogP contribution is -2.44. The maximum Gasteiger partial charge on any atom is 0.573 e. The molecule has 1 fully saturated rings. The Morgan fingerprint density at radius 2 is 2.03 bits per heavy atom. The molecule has 39 heavy (non-hydrogen) atoms. The summed E-state index contributed by atoms with van der Waals surface area (Å²) in [6.45, 7) is 1.72. The molecule has 1 aliphatic heterocycles. The molecule has 0 saturated carbocycles. The number of aliphatic hydroxyl groups is 1. The van der Waals surface area contributed by atoms with Gasteiger partial charge in [-0.05, 0) is 79.8 Å². The number of methoxy groups -OCH3 is 1. The van der Waals surface area contributed by atoms with Gasteiger partial charge in [-0.2, -0.15) is 0 Å². The Bertz CT molecular complexity index is 1280. The van der Waals surface area contributed by atoms with E-state index in [1.54, 1.807) is 25.4 Å². The molecule has 2 N–H and O–H groups in total. The minimum Gasteiger partial charge on any atom is -0.497 e. The van der Waals surface area contributed by atoms with Crippen molar-refractivity contribution in [3.05, 3.63) is 60.3 Å². The molecule has 1 aromatic heterocycles. The number of alkyl halides is 3. The molecule has 2 aromatic carbocycles. The molecule has 0 amide bonds. The molecule has 4 rings (SSSR count). The number of piperidine rings is 1. The van der Waals surface area contributed by atoms with E-state index in [9.17, 15) is 28.2 Å². The maximum atomic E-state index is 12.5. The predicted molar refractivity (Wildman–Crippen MR) is 142 cm³/mol. The highest BCUT2D eigenvalue weighted by molar-refractivity contribution is 7.99. The van der Waals surface area contributed by atoms with E-state index < -0.39 is 24.4 Å². The summed E-state index contributed by atoms with van der Waals surface area (Å²) in [5.74, 6) is -0.483. The molecule has 1 saturated heterocycles. The van der Waals surface area contributed by atoms with Crippen molar-refractivity contribution < 1.29 is 37.7 Å². The molecule has 3 aromatic rings. The van der Waals surface area contributed by atoms with Crippen LogP contribution in [0.5, 0.6) is 11.5 Å². The molecule has 0 radical (unpaired) electrons. The summed E-state index contributed by atoms with van der Waals surface area (Å²) >= 11 is 1.40. The van der Waals surface area contributed by atoms with E-state index in [1.807, 2.05) is 18.2 Å². The molecule has 210 valence electrons. The van der Waals surface area contributed by atoms with E-state index >= 15 is 0 Å². The van der Waals surface area contributed by atoms with Crippen LogP contribution >= 0.6 is 11.8 Å². The number of likely N-dealkylation sites (tertiary alicyclic amines) is 1. The van der Waals surface area contributed by atoms with E-state index in [0.29, 0.717) is 48.7 Å². The first-order chi connectivity index (χ1) is 18.6. The summed E-state index contributed by atoms with van der Waals surface area (Å²) < 4.78 is 46.7. The third-order valence-electron chi connectivity index (χ3n) is 7.02. The fourth-order valence-corrected chi connectivity index (χ4v) is 6.00. The van der Waals surface area contributed by atoms with E-state index in [2.05, 4.69) is 14.6 Å². The van der Waals surface area contributed by atoms with Crippen LogP contribution in [-0.4, -0.2) is 64.9 Å². The molecular formula is C28H31F3N2O5S. The molecule has 0 aliphatic carbocycles. The van der Waals surface area contributed by atoms with Crippen molar-refractivity contribution in [3.63, 3.8) is 0 Å². The summed E-state index contributed by atoms with van der Waals surface area (Å²) in [4.78, 5) is 19.2. The third kappa shape index (κ3) is 8.00. The first-order valence-electron chi connectivity index (χ1n) is 12.7. The summed E-state index contributed by atoms with van der Waals surface area (Å²) in [5, 5.41) is 21.7. The Labute approximate surface area is 228 Å². The number of aliphatic carboxylic acids is 1. The topological polar surface area (TPSA) is 92.1 Å². The van der Waals surface area contributed by atoms with Crippen molar-refractivity contribution in [1.82, 2.24) is 9.88 Å². The van der Waals surface area contributed by atoms with E-state index in [4.69, 9.17) is 4.74 Å². The van der Waals surface area contributed by atoms with Gasteiger partial charge in [-0.1, -0.05) is 6.07 Å². The zero-order valence-corrected chi connectivity index (χ0v) is 22.3. The number of aromatic nitrogens is 1. The SMILES string of the molecule is COc1ccc2nccc([C@@H](O)CC[C@@H]3CCN(CCSc4cccc(OC(F)(F)F)c4)C[C@@H]3C(=O)O)c2c1. The number of carboxylic acid groups (broad SMARTS) is 1. The van der Waals surface area contributed by atoms with Crippen LogP contribution in [0.25, 0.3) is 10.9 Å². The van der Waals surface area contributed by atoms with Gasteiger partial charge in [0.15, 0.2) is 0 Å². The minimum atomic E-state index is -4.74. The Morgan fingerprint density at radius 1 is 1.21 bits per heavy atom. The van der Waals surface area contributed by atoms with Crippen LogP contribution in [-0.2, 0) is 4.79 Å². The largest absolute Gasteiger partial charge is 0.573 e. The van der Waals surface area contributed by atoms with Gasteiger partial charge in [0.2, 0.25) is 0 Å². The fraction of sp³-hybridized carbons (Fsp3) is 0.429. The number of aliphatic hydroxyl groups excluding tert-OH is 1. The smallest absolute Gasteiger partial charge is 0.497 e. The Hall–Kier alpha value is -3.02. The number of halogens is 3. The molecule has 0 unspecified atom stereocenters. The van der Waals surface area contributed by atoms with E-state index in [1.165, 1.54) is 30.0 Å². The highest BCUT2D eigenvalue weighted by Gasteiger charge is 2.34. The zero-order valence-electron chi connectivity index (χ0n) is 21.4. The van der Waals surface area contributed by atoms with Crippen LogP contribution in [0.3, 0.4) is 0 Å². The van der Waals surface area contributed by atoms with Crippen molar-refractivity contribution >= 4 is 28.6 Å². The number of carbonyl (C=O) groups is 1. The number of hydrogen-bond acceptors (Lipinski definition) is 7. The number of hydrogen-bond donors (Lipinski definition) is 2. The lowest BCUT2D eigenvalue weighted by Gasteiger charge is -2.37. The fourth-order valence-electron chi connectivity index (χ4n) is 5.04. The van der Waals surface area contributed by atoms with Gasteiger partial charge in [-0.25, -0.2) is 0 Å². The monoisotopic (exact) mass is 564 g/mol. The Kier molecular flexibility index (Phi) is 9.58.